The second-order valence-corrected chi connectivity index (χ2v) is 4.29. The Labute approximate surface area is 114 Å². The Hall–Kier alpha value is -1.60. The topological polar surface area (TPSA) is 59.3 Å². The number of hydrogen-bond donors (Lipinski definition) is 2. The second-order valence-electron chi connectivity index (χ2n) is 3.48. The first kappa shape index (κ1) is 12.8. The van der Waals surface area contributed by atoms with Gasteiger partial charge in [-0.15, -0.1) is 0 Å². The van der Waals surface area contributed by atoms with Crippen molar-refractivity contribution in [3.8, 4) is 17.2 Å². The van der Waals surface area contributed by atoms with Gasteiger partial charge in [0.15, 0.2) is 16.3 Å². The van der Waals surface area contributed by atoms with Gasteiger partial charge in [-0.2, -0.15) is 0 Å². The van der Waals surface area contributed by atoms with Gasteiger partial charge in [0.25, 0.3) is 0 Å². The molecule has 0 bridgehead atoms. The molecule has 0 amide bonds. The number of hydrogen-bond acceptors (Lipinski definition) is 5. The molecule has 0 aliphatic carbocycles. The highest BCUT2D eigenvalue weighted by Gasteiger charge is 2.17. The lowest BCUT2D eigenvalue weighted by Gasteiger charge is -2.14. The summed E-state index contributed by atoms with van der Waals surface area (Å²) in [5, 5.41) is 0.758. The smallest absolute Gasteiger partial charge is 0.205 e. The molecular weight excluding hydrogens is 272 g/mol. The Morgan fingerprint density at radius 2 is 1.61 bits per heavy atom. The van der Waals surface area contributed by atoms with E-state index in [0.717, 1.165) is 5.39 Å². The number of rotatable bonds is 3. The molecule has 96 valence electrons. The van der Waals surface area contributed by atoms with Gasteiger partial charge in [0.2, 0.25) is 5.75 Å². The lowest BCUT2D eigenvalue weighted by Crippen LogP contribution is -1.98. The molecule has 0 atom stereocenters. The Morgan fingerprint density at radius 3 is 2.17 bits per heavy atom. The summed E-state index contributed by atoms with van der Waals surface area (Å²) in [6, 6.07) is 1.78. The summed E-state index contributed by atoms with van der Waals surface area (Å²) < 4.78 is 16.9. The fraction of sp³-hybridized carbons (Fsp3) is 0.273. The van der Waals surface area contributed by atoms with Crippen molar-refractivity contribution in [2.45, 2.75) is 0 Å². The number of aromatic amines is 2. The van der Waals surface area contributed by atoms with Crippen LogP contribution in [0.2, 0.25) is 0 Å². The van der Waals surface area contributed by atoms with E-state index in [0.29, 0.717) is 32.2 Å². The molecule has 0 radical (unpaired) electrons. The van der Waals surface area contributed by atoms with Crippen molar-refractivity contribution < 1.29 is 14.2 Å². The summed E-state index contributed by atoms with van der Waals surface area (Å²) in [5.74, 6) is 1.56. The summed E-state index contributed by atoms with van der Waals surface area (Å²) in [6.45, 7) is 0. The third-order valence-corrected chi connectivity index (χ3v) is 3.07. The van der Waals surface area contributed by atoms with E-state index in [1.807, 2.05) is 0 Å². The molecule has 0 aliphatic heterocycles. The highest BCUT2D eigenvalue weighted by Crippen LogP contribution is 2.42. The molecule has 0 saturated heterocycles. The Bertz CT molecular complexity index is 706. The zero-order valence-corrected chi connectivity index (χ0v) is 11.8. The SMILES string of the molecule is COc1cc2c(=S)[nH]c(=S)[nH]c2c(OC)c1OC. The maximum atomic E-state index is 5.36. The van der Waals surface area contributed by atoms with E-state index in [-0.39, 0.29) is 0 Å². The number of benzene rings is 1. The molecule has 0 fully saturated rings. The van der Waals surface area contributed by atoms with Crippen molar-refractivity contribution in [3.63, 3.8) is 0 Å². The molecule has 2 rings (SSSR count). The quantitative estimate of drug-likeness (QED) is 0.849. The minimum Gasteiger partial charge on any atom is -0.493 e. The van der Waals surface area contributed by atoms with Crippen LogP contribution >= 0.6 is 24.4 Å². The number of methoxy groups -OCH3 is 3. The van der Waals surface area contributed by atoms with E-state index in [9.17, 15) is 0 Å². The maximum absolute atomic E-state index is 5.36. The predicted molar refractivity (Wildman–Crippen MR) is 74.0 cm³/mol. The first-order valence-electron chi connectivity index (χ1n) is 5.07. The van der Waals surface area contributed by atoms with Crippen LogP contribution < -0.4 is 14.2 Å². The highest BCUT2D eigenvalue weighted by molar-refractivity contribution is 7.72. The zero-order chi connectivity index (χ0) is 13.3. The normalized spacial score (nSPS) is 10.4. The number of ether oxygens (including phenoxy) is 3. The molecule has 1 aromatic carbocycles. The van der Waals surface area contributed by atoms with Crippen molar-refractivity contribution in [1.82, 2.24) is 9.97 Å². The van der Waals surface area contributed by atoms with Gasteiger partial charge in [-0.3, -0.25) is 0 Å². The van der Waals surface area contributed by atoms with Gasteiger partial charge in [0.1, 0.15) is 4.64 Å². The fourth-order valence-electron chi connectivity index (χ4n) is 1.77. The molecule has 1 aromatic heterocycles. The average molecular weight is 284 g/mol. The Balaban J connectivity index is 3.01. The van der Waals surface area contributed by atoms with E-state index in [1.54, 1.807) is 27.4 Å². The first-order chi connectivity index (χ1) is 8.62. The molecule has 18 heavy (non-hydrogen) atoms. The lowest BCUT2D eigenvalue weighted by molar-refractivity contribution is 0.327. The standard InChI is InChI=1S/C11H12N2O3S2/c1-14-6-4-5-7(9(16-3)8(6)15-2)12-11(18)13-10(5)17/h4H,1-3H3,(H2,12,13,17,18). The van der Waals surface area contributed by atoms with Gasteiger partial charge in [0, 0.05) is 5.39 Å². The highest BCUT2D eigenvalue weighted by atomic mass is 32.1. The van der Waals surface area contributed by atoms with E-state index in [2.05, 4.69) is 9.97 Å². The van der Waals surface area contributed by atoms with Crippen molar-refractivity contribution in [2.75, 3.05) is 21.3 Å². The van der Waals surface area contributed by atoms with Crippen LogP contribution in [-0.4, -0.2) is 31.3 Å². The van der Waals surface area contributed by atoms with Crippen LogP contribution in [0.5, 0.6) is 17.2 Å². The third-order valence-electron chi connectivity index (χ3n) is 2.54. The molecule has 2 N–H and O–H groups in total. The number of H-pyrrole nitrogens is 2. The zero-order valence-electron chi connectivity index (χ0n) is 10.1. The van der Waals surface area contributed by atoms with Crippen LogP contribution in [0.1, 0.15) is 0 Å². The van der Waals surface area contributed by atoms with Crippen LogP contribution in [0.15, 0.2) is 6.07 Å². The van der Waals surface area contributed by atoms with Crippen LogP contribution in [0.4, 0.5) is 0 Å². The summed E-state index contributed by atoms with van der Waals surface area (Å²) in [5.41, 5.74) is 0.684. The third kappa shape index (κ3) is 1.95. The molecule has 0 aliphatic rings. The Morgan fingerprint density at radius 1 is 0.944 bits per heavy atom. The van der Waals surface area contributed by atoms with Crippen molar-refractivity contribution in [3.05, 3.63) is 15.5 Å². The number of fused-ring (bicyclic) bond motifs is 1. The van der Waals surface area contributed by atoms with E-state index < -0.39 is 0 Å². The molecule has 0 saturated carbocycles. The molecule has 7 heteroatoms. The average Bonchev–Trinajstić information content (AvgIpc) is 2.36. The summed E-state index contributed by atoms with van der Waals surface area (Å²) >= 11 is 10.3. The monoisotopic (exact) mass is 284 g/mol. The van der Waals surface area contributed by atoms with E-state index in [4.69, 9.17) is 38.6 Å². The lowest BCUT2D eigenvalue weighted by atomic mass is 10.2. The largest absolute Gasteiger partial charge is 0.493 e. The summed E-state index contributed by atoms with van der Waals surface area (Å²) in [4.78, 5) is 5.88. The summed E-state index contributed by atoms with van der Waals surface area (Å²) in [7, 11) is 4.65. The molecule has 0 spiro atoms. The minimum absolute atomic E-state index is 0.429. The van der Waals surface area contributed by atoms with Gasteiger partial charge in [-0.05, 0) is 18.3 Å². The molecular formula is C11H12N2O3S2. The van der Waals surface area contributed by atoms with Gasteiger partial charge in [-0.1, -0.05) is 12.2 Å². The molecule has 2 aromatic rings. The minimum atomic E-state index is 0.429. The fourth-order valence-corrected chi connectivity index (χ4v) is 2.31. The van der Waals surface area contributed by atoms with Gasteiger partial charge in [0.05, 0.1) is 26.8 Å². The molecule has 1 heterocycles. The van der Waals surface area contributed by atoms with Crippen molar-refractivity contribution in [1.29, 1.82) is 0 Å². The molecule has 0 unspecified atom stereocenters. The van der Waals surface area contributed by atoms with Crippen LogP contribution in [0.25, 0.3) is 10.9 Å². The van der Waals surface area contributed by atoms with Gasteiger partial charge in [-0.25, -0.2) is 0 Å². The Kier molecular flexibility index (Phi) is 3.53. The number of nitrogens with one attached hydrogen (secondary N) is 2. The van der Waals surface area contributed by atoms with Gasteiger partial charge < -0.3 is 24.2 Å². The first-order valence-corrected chi connectivity index (χ1v) is 5.89. The second kappa shape index (κ2) is 4.95. The van der Waals surface area contributed by atoms with Crippen molar-refractivity contribution >= 4 is 35.3 Å². The van der Waals surface area contributed by atoms with Gasteiger partial charge >= 0.3 is 0 Å². The van der Waals surface area contributed by atoms with Crippen LogP contribution in [0.3, 0.4) is 0 Å². The van der Waals surface area contributed by atoms with E-state index >= 15 is 0 Å². The van der Waals surface area contributed by atoms with Crippen molar-refractivity contribution in [2.24, 2.45) is 0 Å². The molecule has 5 nitrogen and oxygen atoms in total. The van der Waals surface area contributed by atoms with E-state index in [1.165, 1.54) is 0 Å². The number of aromatic nitrogens is 2. The van der Waals surface area contributed by atoms with Crippen LogP contribution in [0, 0.1) is 9.41 Å². The maximum Gasteiger partial charge on any atom is 0.205 e. The predicted octanol–water partition coefficient (Wildman–Crippen LogP) is 2.98. The summed E-state index contributed by atoms with van der Waals surface area (Å²) in [6.07, 6.45) is 0. The van der Waals surface area contributed by atoms with Crippen LogP contribution in [-0.2, 0) is 0 Å².